The summed E-state index contributed by atoms with van der Waals surface area (Å²) < 4.78 is 0. The molecular weight excluding hydrogens is 420 g/mol. The van der Waals surface area contributed by atoms with E-state index in [1.54, 1.807) is 0 Å². The smallest absolute Gasteiger partial charge is 0.132 e. The van der Waals surface area contributed by atoms with Crippen LogP contribution in [0.25, 0.3) is 0 Å². The summed E-state index contributed by atoms with van der Waals surface area (Å²) in [6.07, 6.45) is 14.7. The number of nitrogens with one attached hydrogen (secondary N) is 1. The molecule has 0 aliphatic heterocycles. The highest BCUT2D eigenvalue weighted by atomic mass is 16.3. The van der Waals surface area contributed by atoms with Crippen LogP contribution in [-0.2, 0) is 4.79 Å². The Morgan fingerprint density at radius 2 is 1.79 bits per heavy atom. The summed E-state index contributed by atoms with van der Waals surface area (Å²) in [4.78, 5) is 12.0. The van der Waals surface area contributed by atoms with E-state index in [-0.39, 0.29) is 6.10 Å². The quantitative estimate of drug-likeness (QED) is 0.355. The summed E-state index contributed by atoms with van der Waals surface area (Å²) in [6.45, 7) is 11.4. The maximum atomic E-state index is 12.0. The summed E-state index contributed by atoms with van der Waals surface area (Å²) in [5.41, 5.74) is 6.41. The van der Waals surface area contributed by atoms with E-state index in [9.17, 15) is 9.90 Å². The third kappa shape index (κ3) is 4.90. The number of fused-ring (bicyclic) bond motifs is 5. The molecule has 4 aliphatic rings. The first-order chi connectivity index (χ1) is 16.2. The number of carbonyl (C=O) groups excluding carboxylic acids is 1. The van der Waals surface area contributed by atoms with Crippen molar-refractivity contribution in [3.63, 3.8) is 0 Å². The highest BCUT2D eigenvalue weighted by Crippen LogP contribution is 2.68. The lowest BCUT2D eigenvalue weighted by molar-refractivity contribution is -0.167. The van der Waals surface area contributed by atoms with Gasteiger partial charge in [0.25, 0.3) is 0 Å². The van der Waals surface area contributed by atoms with Crippen molar-refractivity contribution in [2.24, 2.45) is 52.1 Å². The lowest BCUT2D eigenvalue weighted by Crippen LogP contribution is -2.59. The van der Waals surface area contributed by atoms with Gasteiger partial charge in [0.1, 0.15) is 5.78 Å². The molecule has 0 amide bonds. The van der Waals surface area contributed by atoms with Crippen molar-refractivity contribution in [2.45, 2.75) is 123 Å². The van der Waals surface area contributed by atoms with Gasteiger partial charge >= 0.3 is 0 Å². The Labute approximate surface area is 209 Å². The molecule has 34 heavy (non-hydrogen) atoms. The van der Waals surface area contributed by atoms with Gasteiger partial charge in [-0.1, -0.05) is 27.7 Å². The van der Waals surface area contributed by atoms with E-state index in [0.717, 1.165) is 38.8 Å². The lowest BCUT2D eigenvalue weighted by Gasteiger charge is -2.62. The number of aliphatic hydroxyl groups excluding tert-OH is 1. The van der Waals surface area contributed by atoms with Crippen LogP contribution in [0.5, 0.6) is 0 Å². The van der Waals surface area contributed by atoms with Crippen molar-refractivity contribution in [3.05, 3.63) is 0 Å². The van der Waals surface area contributed by atoms with Gasteiger partial charge in [0.05, 0.1) is 6.10 Å². The van der Waals surface area contributed by atoms with Crippen molar-refractivity contribution >= 4 is 5.78 Å². The molecule has 0 aromatic carbocycles. The highest BCUT2D eigenvalue weighted by Gasteiger charge is 2.62. The van der Waals surface area contributed by atoms with E-state index >= 15 is 0 Å². The Bertz CT molecular complexity index is 697. The summed E-state index contributed by atoms with van der Waals surface area (Å²) in [7, 11) is 0. The van der Waals surface area contributed by atoms with Crippen molar-refractivity contribution < 1.29 is 9.90 Å². The zero-order valence-electron chi connectivity index (χ0n) is 22.7. The number of ketones is 1. The SMILES string of the molecule is CCC(=O)CC[C@@H](C)[C@H]1CCC2C3C(O)C[C@H]4C[C@@H](NCCCCN)CC[C@]4(C)C3CC[C@@]21C. The largest absolute Gasteiger partial charge is 0.393 e. The molecule has 4 aliphatic carbocycles. The zero-order chi connectivity index (χ0) is 24.5. The van der Waals surface area contributed by atoms with Gasteiger partial charge < -0.3 is 16.2 Å². The number of hydrogen-bond donors (Lipinski definition) is 3. The monoisotopic (exact) mass is 474 g/mol. The third-order valence-electron chi connectivity index (χ3n) is 11.8. The third-order valence-corrected chi connectivity index (χ3v) is 11.8. The van der Waals surface area contributed by atoms with Crippen LogP contribution in [0, 0.1) is 46.3 Å². The molecule has 4 heteroatoms. The Hall–Kier alpha value is -0.450. The second kappa shape index (κ2) is 10.9. The fourth-order valence-electron chi connectivity index (χ4n) is 9.73. The van der Waals surface area contributed by atoms with Gasteiger partial charge in [0.15, 0.2) is 0 Å². The lowest BCUT2D eigenvalue weighted by atomic mass is 9.43. The van der Waals surface area contributed by atoms with Crippen molar-refractivity contribution in [1.29, 1.82) is 0 Å². The minimum atomic E-state index is -0.126. The van der Waals surface area contributed by atoms with Gasteiger partial charge in [0.2, 0.25) is 0 Å². The van der Waals surface area contributed by atoms with Crippen molar-refractivity contribution in [2.75, 3.05) is 13.1 Å². The number of Topliss-reactive ketones (excluding diaryl/α,β-unsaturated/α-hetero) is 1. The Balaban J connectivity index is 1.42. The predicted molar refractivity (Wildman–Crippen MR) is 140 cm³/mol. The topological polar surface area (TPSA) is 75.3 Å². The van der Waals surface area contributed by atoms with E-state index in [2.05, 4.69) is 26.1 Å². The fraction of sp³-hybridized carbons (Fsp3) is 0.967. The van der Waals surface area contributed by atoms with Crippen LogP contribution in [0.15, 0.2) is 0 Å². The molecule has 0 bridgehead atoms. The molecule has 4 N–H and O–H groups in total. The van der Waals surface area contributed by atoms with Crippen LogP contribution in [0.4, 0.5) is 0 Å². The van der Waals surface area contributed by atoms with Gasteiger partial charge in [-0.3, -0.25) is 4.79 Å². The van der Waals surface area contributed by atoms with E-state index in [0.29, 0.717) is 64.6 Å². The van der Waals surface area contributed by atoms with E-state index in [1.807, 2.05) is 6.92 Å². The molecule has 0 saturated heterocycles. The first kappa shape index (κ1) is 26.6. The molecule has 0 aromatic heterocycles. The van der Waals surface area contributed by atoms with Gasteiger partial charge in [-0.2, -0.15) is 0 Å². The Morgan fingerprint density at radius 1 is 1.06 bits per heavy atom. The van der Waals surface area contributed by atoms with Crippen molar-refractivity contribution in [1.82, 2.24) is 5.32 Å². The highest BCUT2D eigenvalue weighted by molar-refractivity contribution is 5.77. The van der Waals surface area contributed by atoms with Gasteiger partial charge in [0, 0.05) is 18.9 Å². The van der Waals surface area contributed by atoms with Crippen molar-refractivity contribution in [3.8, 4) is 0 Å². The fourth-order valence-corrected chi connectivity index (χ4v) is 9.73. The number of carbonyl (C=O) groups is 1. The Morgan fingerprint density at radius 3 is 2.53 bits per heavy atom. The van der Waals surface area contributed by atoms with E-state index < -0.39 is 0 Å². The molecule has 10 atom stereocenters. The second-order valence-corrected chi connectivity index (χ2v) is 13.4. The molecule has 196 valence electrons. The number of unbranched alkanes of at least 4 members (excludes halogenated alkanes) is 1. The summed E-state index contributed by atoms with van der Waals surface area (Å²) >= 11 is 0. The normalized spacial score (nSPS) is 44.7. The van der Waals surface area contributed by atoms with Crippen LogP contribution < -0.4 is 11.1 Å². The van der Waals surface area contributed by atoms with Gasteiger partial charge in [-0.25, -0.2) is 0 Å². The van der Waals surface area contributed by atoms with E-state index in [4.69, 9.17) is 5.73 Å². The second-order valence-electron chi connectivity index (χ2n) is 13.4. The average molecular weight is 475 g/mol. The summed E-state index contributed by atoms with van der Waals surface area (Å²) in [5, 5.41) is 15.4. The number of hydrogen-bond acceptors (Lipinski definition) is 4. The standard InChI is InChI=1S/C30H54N2O2/c1-5-23(33)9-8-20(2)24-10-11-25-28-26(13-15-30(24,25)4)29(3)14-12-22(32-17-7-6-16-31)18-21(29)19-27(28)34/h20-22,24-28,32,34H,5-19,31H2,1-4H3/t20-,21-,22+,24-,25?,26?,27?,28?,29+,30-/m1/s1. The number of aliphatic hydroxyl groups is 1. The van der Waals surface area contributed by atoms with Crippen LogP contribution in [0.2, 0.25) is 0 Å². The summed E-state index contributed by atoms with van der Waals surface area (Å²) in [6, 6.07) is 0.621. The molecule has 0 radical (unpaired) electrons. The molecule has 0 spiro atoms. The molecule has 4 nitrogen and oxygen atoms in total. The first-order valence-electron chi connectivity index (χ1n) is 14.9. The minimum Gasteiger partial charge on any atom is -0.393 e. The van der Waals surface area contributed by atoms with Gasteiger partial charge in [-0.15, -0.1) is 0 Å². The molecule has 4 rings (SSSR count). The number of nitrogens with two attached hydrogens (primary N) is 1. The molecule has 0 aromatic rings. The van der Waals surface area contributed by atoms with Crippen LogP contribution >= 0.6 is 0 Å². The first-order valence-corrected chi connectivity index (χ1v) is 14.9. The molecule has 0 heterocycles. The van der Waals surface area contributed by atoms with Crippen LogP contribution in [0.3, 0.4) is 0 Å². The van der Waals surface area contributed by atoms with Crippen LogP contribution in [0.1, 0.15) is 111 Å². The van der Waals surface area contributed by atoms with Gasteiger partial charge in [-0.05, 0) is 130 Å². The summed E-state index contributed by atoms with van der Waals surface area (Å²) in [5.74, 6) is 4.25. The predicted octanol–water partition coefficient (Wildman–Crippen LogP) is 5.71. The van der Waals surface area contributed by atoms with Crippen LogP contribution in [-0.4, -0.2) is 36.1 Å². The molecule has 4 fully saturated rings. The number of rotatable bonds is 10. The maximum absolute atomic E-state index is 12.0. The van der Waals surface area contributed by atoms with E-state index in [1.165, 1.54) is 51.4 Å². The molecular formula is C30H54N2O2. The average Bonchev–Trinajstić information content (AvgIpc) is 3.18. The molecule has 4 saturated carbocycles. The minimum absolute atomic E-state index is 0.126. The zero-order valence-corrected chi connectivity index (χ0v) is 22.7. The maximum Gasteiger partial charge on any atom is 0.132 e. The Kier molecular flexibility index (Phi) is 8.52. The molecule has 4 unspecified atom stereocenters.